The first-order valence-corrected chi connectivity index (χ1v) is 8.23. The fourth-order valence-corrected chi connectivity index (χ4v) is 3.27. The van der Waals surface area contributed by atoms with E-state index >= 15 is 0 Å². The summed E-state index contributed by atoms with van der Waals surface area (Å²) in [4.78, 5) is 36.3. The summed E-state index contributed by atoms with van der Waals surface area (Å²) in [5.74, 6) is -1.32. The molecule has 2 aromatic carbocycles. The lowest BCUT2D eigenvalue weighted by molar-refractivity contribution is 0.0879. The topological polar surface area (TPSA) is 88.4 Å². The first-order valence-electron chi connectivity index (χ1n) is 7.44. The van der Waals surface area contributed by atoms with Crippen molar-refractivity contribution in [2.24, 2.45) is 0 Å². The van der Waals surface area contributed by atoms with Gasteiger partial charge in [-0.2, -0.15) is 0 Å². The molecule has 3 aromatic rings. The van der Waals surface area contributed by atoms with E-state index in [0.717, 1.165) is 9.86 Å². The Hall–Kier alpha value is -2.93. The smallest absolute Gasteiger partial charge is 0.291 e. The van der Waals surface area contributed by atoms with Crippen molar-refractivity contribution in [3.05, 3.63) is 63.3 Å². The van der Waals surface area contributed by atoms with E-state index in [2.05, 4.69) is 26.6 Å². The van der Waals surface area contributed by atoms with Gasteiger partial charge in [0.2, 0.25) is 0 Å². The molecule has 3 amide bonds. The molecular formula is C18H11BrN2O4. The number of hydrogen-bond acceptors (Lipinski definition) is 4. The highest BCUT2D eigenvalue weighted by Crippen LogP contribution is 2.30. The van der Waals surface area contributed by atoms with Crippen LogP contribution in [0.15, 0.2) is 45.3 Å². The van der Waals surface area contributed by atoms with E-state index in [1.807, 2.05) is 12.1 Å². The number of rotatable bonds is 2. The van der Waals surface area contributed by atoms with Crippen LogP contribution in [0.3, 0.4) is 0 Å². The molecule has 0 spiro atoms. The maximum Gasteiger partial charge on any atom is 0.291 e. The van der Waals surface area contributed by atoms with Crippen LogP contribution in [0.1, 0.15) is 36.8 Å². The molecule has 2 heterocycles. The highest BCUT2D eigenvalue weighted by molar-refractivity contribution is 9.10. The van der Waals surface area contributed by atoms with Gasteiger partial charge in [-0.15, -0.1) is 0 Å². The van der Waals surface area contributed by atoms with Gasteiger partial charge in [0.05, 0.1) is 16.8 Å². The lowest BCUT2D eigenvalue weighted by Crippen LogP contribution is -2.21. The van der Waals surface area contributed by atoms with Crippen LogP contribution in [0.2, 0.25) is 0 Å². The summed E-state index contributed by atoms with van der Waals surface area (Å²) in [6.45, 7) is 1.79. The van der Waals surface area contributed by atoms with Crippen LogP contribution in [0.5, 0.6) is 0 Å². The van der Waals surface area contributed by atoms with Gasteiger partial charge in [-0.25, -0.2) is 0 Å². The zero-order valence-electron chi connectivity index (χ0n) is 13.0. The Bertz CT molecular complexity index is 1080. The number of halogens is 1. The molecule has 7 heteroatoms. The highest BCUT2D eigenvalue weighted by atomic mass is 79.9. The van der Waals surface area contributed by atoms with Gasteiger partial charge < -0.3 is 9.73 Å². The van der Waals surface area contributed by atoms with Crippen molar-refractivity contribution in [1.82, 2.24) is 5.32 Å². The molecule has 0 aliphatic carbocycles. The monoisotopic (exact) mass is 398 g/mol. The average Bonchev–Trinajstić information content (AvgIpc) is 3.06. The molecule has 0 saturated carbocycles. The average molecular weight is 399 g/mol. The molecular weight excluding hydrogens is 388 g/mol. The van der Waals surface area contributed by atoms with Gasteiger partial charge in [0.25, 0.3) is 17.7 Å². The Morgan fingerprint density at radius 1 is 1.16 bits per heavy atom. The molecule has 4 rings (SSSR count). The number of carbonyl (C=O) groups excluding carboxylic acids is 3. The minimum atomic E-state index is -0.527. The van der Waals surface area contributed by atoms with Gasteiger partial charge >= 0.3 is 0 Å². The highest BCUT2D eigenvalue weighted by Gasteiger charge is 2.30. The Labute approximate surface area is 150 Å². The number of nitrogens with one attached hydrogen (secondary N) is 2. The number of hydrogen-bond donors (Lipinski definition) is 2. The molecule has 124 valence electrons. The van der Waals surface area contributed by atoms with Gasteiger partial charge in [0, 0.05) is 15.4 Å². The molecule has 0 saturated heterocycles. The number of benzene rings is 2. The van der Waals surface area contributed by atoms with Crippen molar-refractivity contribution in [3.63, 3.8) is 0 Å². The summed E-state index contributed by atoms with van der Waals surface area (Å²) in [7, 11) is 0. The minimum absolute atomic E-state index is 0.162. The summed E-state index contributed by atoms with van der Waals surface area (Å²) < 4.78 is 6.54. The van der Waals surface area contributed by atoms with Gasteiger partial charge in [-0.3, -0.25) is 19.7 Å². The Morgan fingerprint density at radius 2 is 1.96 bits per heavy atom. The van der Waals surface area contributed by atoms with Gasteiger partial charge in [0.15, 0.2) is 5.76 Å². The van der Waals surface area contributed by atoms with Crippen LogP contribution in [-0.2, 0) is 0 Å². The molecule has 0 bridgehead atoms. The molecule has 25 heavy (non-hydrogen) atoms. The van der Waals surface area contributed by atoms with E-state index in [-0.39, 0.29) is 22.6 Å². The number of furan rings is 1. The zero-order chi connectivity index (χ0) is 17.7. The Balaban J connectivity index is 1.74. The quantitative estimate of drug-likeness (QED) is 0.644. The third kappa shape index (κ3) is 2.44. The second-order valence-electron chi connectivity index (χ2n) is 5.66. The van der Waals surface area contributed by atoms with E-state index in [1.54, 1.807) is 25.1 Å². The third-order valence-corrected chi connectivity index (χ3v) is 4.61. The van der Waals surface area contributed by atoms with E-state index < -0.39 is 17.7 Å². The van der Waals surface area contributed by atoms with Crippen LogP contribution >= 0.6 is 15.9 Å². The Morgan fingerprint density at radius 3 is 2.76 bits per heavy atom. The molecule has 1 aromatic heterocycles. The first kappa shape index (κ1) is 15.6. The van der Waals surface area contributed by atoms with Crippen molar-refractivity contribution < 1.29 is 18.8 Å². The van der Waals surface area contributed by atoms with Crippen LogP contribution in [0, 0.1) is 6.92 Å². The van der Waals surface area contributed by atoms with Gasteiger partial charge in [0.1, 0.15) is 5.58 Å². The number of aryl methyl sites for hydroxylation is 1. The van der Waals surface area contributed by atoms with E-state index in [1.165, 1.54) is 6.07 Å². The maximum atomic E-state index is 12.6. The first-order chi connectivity index (χ1) is 12.0. The van der Waals surface area contributed by atoms with Crippen molar-refractivity contribution >= 4 is 50.3 Å². The predicted molar refractivity (Wildman–Crippen MR) is 94.8 cm³/mol. The van der Waals surface area contributed by atoms with Crippen LogP contribution < -0.4 is 10.6 Å². The van der Waals surface area contributed by atoms with E-state index in [4.69, 9.17) is 4.42 Å². The fourth-order valence-electron chi connectivity index (χ4n) is 2.91. The van der Waals surface area contributed by atoms with Crippen molar-refractivity contribution in [3.8, 4) is 0 Å². The molecule has 0 fully saturated rings. The zero-order valence-corrected chi connectivity index (χ0v) is 14.6. The molecule has 0 radical (unpaired) electrons. The normalized spacial score (nSPS) is 13.0. The number of amides is 3. The van der Waals surface area contributed by atoms with Crippen LogP contribution in [0.4, 0.5) is 5.69 Å². The van der Waals surface area contributed by atoms with Gasteiger partial charge in [-0.1, -0.05) is 22.0 Å². The lowest BCUT2D eigenvalue weighted by Gasteiger charge is -2.07. The number of fused-ring (bicyclic) bond motifs is 2. The van der Waals surface area contributed by atoms with E-state index in [0.29, 0.717) is 11.1 Å². The van der Waals surface area contributed by atoms with Crippen molar-refractivity contribution in [2.75, 3.05) is 5.32 Å². The van der Waals surface area contributed by atoms with Crippen molar-refractivity contribution in [1.29, 1.82) is 0 Å². The summed E-state index contributed by atoms with van der Waals surface area (Å²) in [6.07, 6.45) is 0. The lowest BCUT2D eigenvalue weighted by atomic mass is 10.1. The molecule has 0 unspecified atom stereocenters. The minimum Gasteiger partial charge on any atom is -0.451 e. The van der Waals surface area contributed by atoms with Gasteiger partial charge in [-0.05, 0) is 37.3 Å². The standard InChI is InChI=1S/C18H11BrN2O4/c1-8-11-7-9(19)5-6-13(11)25-15(8)18(24)20-12-4-2-3-10-14(12)17(23)21-16(10)22/h2-7H,1H3,(H,20,24)(H,21,22,23). The van der Waals surface area contributed by atoms with Crippen molar-refractivity contribution in [2.45, 2.75) is 6.92 Å². The third-order valence-electron chi connectivity index (χ3n) is 4.12. The SMILES string of the molecule is Cc1c(C(=O)Nc2cccc3c2C(=O)NC3=O)oc2ccc(Br)cc12. The summed E-state index contributed by atoms with van der Waals surface area (Å²) in [5.41, 5.74) is 1.97. The molecule has 0 atom stereocenters. The predicted octanol–water partition coefficient (Wildman–Crippen LogP) is 3.64. The molecule has 1 aliphatic heterocycles. The molecule has 2 N–H and O–H groups in total. The second-order valence-corrected chi connectivity index (χ2v) is 6.58. The number of carbonyl (C=O) groups is 3. The number of anilines is 1. The van der Waals surface area contributed by atoms with Crippen LogP contribution in [-0.4, -0.2) is 17.7 Å². The summed E-state index contributed by atoms with van der Waals surface area (Å²) >= 11 is 3.39. The summed E-state index contributed by atoms with van der Waals surface area (Å²) in [5, 5.41) is 5.71. The summed E-state index contributed by atoms with van der Waals surface area (Å²) in [6, 6.07) is 10.2. The largest absolute Gasteiger partial charge is 0.451 e. The van der Waals surface area contributed by atoms with E-state index in [9.17, 15) is 14.4 Å². The molecule has 6 nitrogen and oxygen atoms in total. The fraction of sp³-hybridized carbons (Fsp3) is 0.0556. The maximum absolute atomic E-state index is 12.6. The van der Waals surface area contributed by atoms with Crippen LogP contribution in [0.25, 0.3) is 11.0 Å². The second kappa shape index (κ2) is 5.56. The Kier molecular flexibility index (Phi) is 3.47. The number of imide groups is 1. The molecule has 1 aliphatic rings.